The molecule has 0 aromatic carbocycles. The summed E-state index contributed by atoms with van der Waals surface area (Å²) in [5.74, 6) is 0.252. The third-order valence-electron chi connectivity index (χ3n) is 3.98. The Morgan fingerprint density at radius 3 is 2.85 bits per heavy atom. The molecule has 2 N–H and O–H groups in total. The minimum absolute atomic E-state index is 0.0177. The van der Waals surface area contributed by atoms with E-state index in [-0.39, 0.29) is 23.7 Å². The van der Waals surface area contributed by atoms with E-state index in [1.807, 2.05) is 0 Å². The summed E-state index contributed by atoms with van der Waals surface area (Å²) in [6, 6.07) is 3.38. The summed E-state index contributed by atoms with van der Waals surface area (Å²) < 4.78 is 0. The van der Waals surface area contributed by atoms with Crippen LogP contribution in [0.5, 0.6) is 0 Å². The quantitative estimate of drug-likeness (QED) is 0.821. The zero-order valence-electron chi connectivity index (χ0n) is 11.5. The van der Waals surface area contributed by atoms with Gasteiger partial charge in [-0.05, 0) is 37.3 Å². The van der Waals surface area contributed by atoms with Crippen LogP contribution >= 0.6 is 11.6 Å². The van der Waals surface area contributed by atoms with E-state index in [9.17, 15) is 9.90 Å². The van der Waals surface area contributed by atoms with Crippen LogP contribution in [0.4, 0.5) is 0 Å². The summed E-state index contributed by atoms with van der Waals surface area (Å²) in [5.41, 5.74) is 0.396. The molecule has 1 aliphatic rings. The van der Waals surface area contributed by atoms with Crippen molar-refractivity contribution in [3.63, 3.8) is 0 Å². The minimum atomic E-state index is -0.202. The number of hydrogen-bond acceptors (Lipinski definition) is 3. The first kappa shape index (κ1) is 15.3. The van der Waals surface area contributed by atoms with Crippen LogP contribution in [0.15, 0.2) is 18.3 Å². The van der Waals surface area contributed by atoms with Gasteiger partial charge in [0.2, 0.25) is 0 Å². The molecule has 1 heterocycles. The molecule has 1 fully saturated rings. The molecular formula is C15H21ClN2O2. The average Bonchev–Trinajstić information content (AvgIpc) is 2.48. The van der Waals surface area contributed by atoms with Gasteiger partial charge in [-0.1, -0.05) is 30.9 Å². The summed E-state index contributed by atoms with van der Waals surface area (Å²) in [7, 11) is 0. The van der Waals surface area contributed by atoms with Gasteiger partial charge >= 0.3 is 0 Å². The number of aliphatic hydroxyl groups excluding tert-OH is 1. The lowest BCUT2D eigenvalue weighted by atomic mass is 9.82. The van der Waals surface area contributed by atoms with Gasteiger partial charge in [0, 0.05) is 18.8 Å². The zero-order chi connectivity index (χ0) is 14.4. The van der Waals surface area contributed by atoms with Gasteiger partial charge in [-0.25, -0.2) is 4.98 Å². The van der Waals surface area contributed by atoms with E-state index in [0.717, 1.165) is 12.8 Å². The lowest BCUT2D eigenvalue weighted by Crippen LogP contribution is -2.41. The Morgan fingerprint density at radius 1 is 1.45 bits per heavy atom. The predicted octanol–water partition coefficient (Wildman–Crippen LogP) is 2.80. The second-order valence-electron chi connectivity index (χ2n) is 5.33. The van der Waals surface area contributed by atoms with Crippen molar-refractivity contribution in [1.82, 2.24) is 10.3 Å². The van der Waals surface area contributed by atoms with E-state index in [1.54, 1.807) is 18.3 Å². The van der Waals surface area contributed by atoms with E-state index >= 15 is 0 Å². The molecule has 1 aliphatic carbocycles. The summed E-state index contributed by atoms with van der Waals surface area (Å²) in [4.78, 5) is 16.2. The van der Waals surface area contributed by atoms with Gasteiger partial charge in [0.05, 0.1) is 5.56 Å². The van der Waals surface area contributed by atoms with Crippen molar-refractivity contribution in [3.8, 4) is 0 Å². The highest BCUT2D eigenvalue weighted by atomic mass is 35.5. The lowest BCUT2D eigenvalue weighted by molar-refractivity contribution is 0.0899. The van der Waals surface area contributed by atoms with E-state index in [2.05, 4.69) is 10.3 Å². The van der Waals surface area contributed by atoms with Gasteiger partial charge in [0.25, 0.3) is 5.91 Å². The molecule has 20 heavy (non-hydrogen) atoms. The minimum Gasteiger partial charge on any atom is -0.396 e. The molecule has 0 radical (unpaired) electrons. The van der Waals surface area contributed by atoms with Gasteiger partial charge in [0.1, 0.15) is 5.15 Å². The molecule has 0 aliphatic heterocycles. The number of aliphatic hydroxyl groups is 1. The Hall–Kier alpha value is -1.13. The van der Waals surface area contributed by atoms with Crippen molar-refractivity contribution in [1.29, 1.82) is 0 Å². The highest BCUT2D eigenvalue weighted by molar-refractivity contribution is 6.32. The fraction of sp³-hybridized carbons (Fsp3) is 0.600. The molecule has 2 rings (SSSR count). The molecular weight excluding hydrogens is 276 g/mol. The van der Waals surface area contributed by atoms with Crippen LogP contribution in [0.2, 0.25) is 5.15 Å². The smallest absolute Gasteiger partial charge is 0.254 e. The Balaban J connectivity index is 2.03. The largest absolute Gasteiger partial charge is 0.396 e. The van der Waals surface area contributed by atoms with Crippen molar-refractivity contribution in [3.05, 3.63) is 29.0 Å². The molecule has 0 saturated heterocycles. The molecule has 1 unspecified atom stereocenters. The van der Waals surface area contributed by atoms with Crippen molar-refractivity contribution in [2.75, 3.05) is 6.61 Å². The standard InChI is InChI=1S/C15H21ClN2O2/c16-14-12(7-4-9-17-14)15(20)18-13(8-10-19)11-5-2-1-3-6-11/h4,7,9,11,13,19H,1-3,5-6,8,10H2,(H,18,20). The van der Waals surface area contributed by atoms with E-state index in [0.29, 0.717) is 17.9 Å². The van der Waals surface area contributed by atoms with Crippen molar-refractivity contribution in [2.45, 2.75) is 44.6 Å². The van der Waals surface area contributed by atoms with Crippen LogP contribution in [-0.2, 0) is 0 Å². The fourth-order valence-electron chi connectivity index (χ4n) is 2.90. The molecule has 0 bridgehead atoms. The highest BCUT2D eigenvalue weighted by Crippen LogP contribution is 2.28. The van der Waals surface area contributed by atoms with Gasteiger partial charge < -0.3 is 10.4 Å². The van der Waals surface area contributed by atoms with E-state index in [1.165, 1.54) is 19.3 Å². The zero-order valence-corrected chi connectivity index (χ0v) is 12.3. The van der Waals surface area contributed by atoms with Crippen LogP contribution < -0.4 is 5.32 Å². The number of aromatic nitrogens is 1. The molecule has 1 atom stereocenters. The summed E-state index contributed by atoms with van der Waals surface area (Å²) >= 11 is 5.94. The molecule has 1 saturated carbocycles. The maximum Gasteiger partial charge on any atom is 0.254 e. The number of halogens is 1. The topological polar surface area (TPSA) is 62.2 Å². The number of amides is 1. The fourth-order valence-corrected chi connectivity index (χ4v) is 3.11. The maximum absolute atomic E-state index is 12.3. The van der Waals surface area contributed by atoms with Crippen LogP contribution in [0.1, 0.15) is 48.9 Å². The van der Waals surface area contributed by atoms with Gasteiger partial charge in [-0.15, -0.1) is 0 Å². The van der Waals surface area contributed by atoms with E-state index < -0.39 is 0 Å². The molecule has 110 valence electrons. The SMILES string of the molecule is O=C(NC(CCO)C1CCCCC1)c1cccnc1Cl. The second-order valence-corrected chi connectivity index (χ2v) is 5.69. The van der Waals surface area contributed by atoms with E-state index in [4.69, 9.17) is 11.6 Å². The Morgan fingerprint density at radius 2 is 2.20 bits per heavy atom. The number of pyridine rings is 1. The van der Waals surface area contributed by atoms with Gasteiger partial charge in [-0.3, -0.25) is 4.79 Å². The second kappa shape index (κ2) is 7.60. The maximum atomic E-state index is 12.3. The average molecular weight is 297 g/mol. The van der Waals surface area contributed by atoms with Gasteiger partial charge in [-0.2, -0.15) is 0 Å². The summed E-state index contributed by atoms with van der Waals surface area (Å²) in [6.45, 7) is 0.0855. The normalized spacial score (nSPS) is 17.7. The summed E-state index contributed by atoms with van der Waals surface area (Å²) in [5, 5.41) is 12.5. The predicted molar refractivity (Wildman–Crippen MR) is 78.8 cm³/mol. The van der Waals surface area contributed by atoms with Crippen molar-refractivity contribution < 1.29 is 9.90 Å². The lowest BCUT2D eigenvalue weighted by Gasteiger charge is -2.30. The molecule has 1 amide bonds. The monoisotopic (exact) mass is 296 g/mol. The number of carbonyl (C=O) groups is 1. The highest BCUT2D eigenvalue weighted by Gasteiger charge is 2.25. The van der Waals surface area contributed by atoms with Crippen LogP contribution in [0.25, 0.3) is 0 Å². The first-order valence-electron chi connectivity index (χ1n) is 7.24. The molecule has 1 aromatic heterocycles. The van der Waals surface area contributed by atoms with Crippen LogP contribution in [0, 0.1) is 5.92 Å². The number of hydrogen-bond donors (Lipinski definition) is 2. The third kappa shape index (κ3) is 3.93. The molecule has 1 aromatic rings. The number of nitrogens with one attached hydrogen (secondary N) is 1. The van der Waals surface area contributed by atoms with Crippen molar-refractivity contribution in [2.24, 2.45) is 5.92 Å². The van der Waals surface area contributed by atoms with Gasteiger partial charge in [0.15, 0.2) is 0 Å². The first-order valence-corrected chi connectivity index (χ1v) is 7.62. The Labute approximate surface area is 124 Å². The van der Waals surface area contributed by atoms with Crippen LogP contribution in [0.3, 0.4) is 0 Å². The summed E-state index contributed by atoms with van der Waals surface area (Å²) in [6.07, 6.45) is 8.06. The third-order valence-corrected chi connectivity index (χ3v) is 4.28. The molecule has 5 heteroatoms. The Kier molecular flexibility index (Phi) is 5.80. The van der Waals surface area contributed by atoms with Crippen LogP contribution in [-0.4, -0.2) is 28.6 Å². The molecule has 0 spiro atoms. The first-order chi connectivity index (χ1) is 9.72. The Bertz CT molecular complexity index is 447. The number of rotatable bonds is 5. The van der Waals surface area contributed by atoms with Crippen molar-refractivity contribution >= 4 is 17.5 Å². The number of carbonyl (C=O) groups excluding carboxylic acids is 1. The number of nitrogens with zero attached hydrogens (tertiary/aromatic N) is 1. The molecule has 4 nitrogen and oxygen atoms in total.